The van der Waals surface area contributed by atoms with E-state index in [1.807, 2.05) is 11.9 Å². The van der Waals surface area contributed by atoms with E-state index in [1.54, 1.807) is 36.0 Å². The molecule has 0 saturated carbocycles. The number of halogens is 3. The zero-order valence-electron chi connectivity index (χ0n) is 18.6. The number of primary amides is 1. The maximum atomic E-state index is 13.1. The van der Waals surface area contributed by atoms with Gasteiger partial charge in [-0.25, -0.2) is 9.97 Å². The Morgan fingerprint density at radius 2 is 1.85 bits per heavy atom. The molecule has 0 radical (unpaired) electrons. The van der Waals surface area contributed by atoms with Crippen LogP contribution in [0.1, 0.15) is 10.4 Å². The van der Waals surface area contributed by atoms with Crippen LogP contribution in [0.3, 0.4) is 0 Å². The minimum absolute atomic E-state index is 0.0667. The SMILES string of the molecule is CN1CCN(c2ccc(Nc3nccc(-c4cc(C(N)=O)cn4C)n3)c(OC(F)(F)F)c2)CC1. The van der Waals surface area contributed by atoms with E-state index in [0.29, 0.717) is 35.7 Å². The third kappa shape index (κ3) is 5.39. The number of ether oxygens (including phenoxy) is 1. The van der Waals surface area contributed by atoms with Gasteiger partial charge in [0.2, 0.25) is 11.9 Å². The van der Waals surface area contributed by atoms with Crippen molar-refractivity contribution >= 4 is 23.2 Å². The normalized spacial score (nSPS) is 14.8. The van der Waals surface area contributed by atoms with Crippen molar-refractivity contribution in [3.05, 3.63) is 48.3 Å². The van der Waals surface area contributed by atoms with Crippen LogP contribution in [0, 0.1) is 0 Å². The third-order valence-corrected chi connectivity index (χ3v) is 5.51. The lowest BCUT2D eigenvalue weighted by atomic mass is 10.2. The van der Waals surface area contributed by atoms with Crippen LogP contribution < -0.4 is 20.7 Å². The zero-order valence-corrected chi connectivity index (χ0v) is 18.6. The van der Waals surface area contributed by atoms with E-state index in [-0.39, 0.29) is 17.4 Å². The summed E-state index contributed by atoms with van der Waals surface area (Å²) in [4.78, 5) is 24.1. The molecule has 3 N–H and O–H groups in total. The van der Waals surface area contributed by atoms with Crippen molar-refractivity contribution in [1.29, 1.82) is 0 Å². The largest absolute Gasteiger partial charge is 0.573 e. The van der Waals surface area contributed by atoms with E-state index in [9.17, 15) is 18.0 Å². The number of amides is 1. The average Bonchev–Trinajstić information content (AvgIpc) is 3.17. The number of hydrogen-bond donors (Lipinski definition) is 2. The molecule has 9 nitrogen and oxygen atoms in total. The lowest BCUT2D eigenvalue weighted by molar-refractivity contribution is -0.274. The first kappa shape index (κ1) is 23.4. The van der Waals surface area contributed by atoms with Gasteiger partial charge in [-0.2, -0.15) is 0 Å². The fraction of sp³-hybridized carbons (Fsp3) is 0.318. The number of anilines is 3. The molecule has 0 unspecified atom stereocenters. The Bertz CT molecular complexity index is 1190. The number of hydrogen-bond acceptors (Lipinski definition) is 7. The molecule has 0 aliphatic carbocycles. The molecule has 12 heteroatoms. The summed E-state index contributed by atoms with van der Waals surface area (Å²) in [5.41, 5.74) is 7.40. The van der Waals surface area contributed by atoms with E-state index in [2.05, 4.69) is 24.9 Å². The van der Waals surface area contributed by atoms with Gasteiger partial charge in [-0.3, -0.25) is 4.79 Å². The number of nitrogens with two attached hydrogens (primary N) is 1. The Morgan fingerprint density at radius 1 is 1.12 bits per heavy atom. The van der Waals surface area contributed by atoms with Crippen molar-refractivity contribution < 1.29 is 22.7 Å². The highest BCUT2D eigenvalue weighted by atomic mass is 19.4. The van der Waals surface area contributed by atoms with Crippen molar-refractivity contribution in [2.75, 3.05) is 43.4 Å². The molecule has 1 aliphatic heterocycles. The van der Waals surface area contributed by atoms with Gasteiger partial charge < -0.3 is 30.2 Å². The molecule has 1 aromatic carbocycles. The predicted molar refractivity (Wildman–Crippen MR) is 121 cm³/mol. The Labute approximate surface area is 193 Å². The van der Waals surface area contributed by atoms with Gasteiger partial charge in [-0.15, -0.1) is 13.2 Å². The minimum atomic E-state index is -4.87. The van der Waals surface area contributed by atoms with Crippen LogP contribution in [-0.2, 0) is 7.05 Å². The van der Waals surface area contributed by atoms with Gasteiger partial charge in [0.15, 0.2) is 5.75 Å². The van der Waals surface area contributed by atoms with Crippen molar-refractivity contribution in [3.8, 4) is 17.1 Å². The smallest absolute Gasteiger partial charge is 0.403 e. The number of rotatable bonds is 6. The lowest BCUT2D eigenvalue weighted by Gasteiger charge is -2.34. The number of carbonyl (C=O) groups is 1. The zero-order chi connectivity index (χ0) is 24.5. The van der Waals surface area contributed by atoms with Gasteiger partial charge in [0, 0.05) is 57.4 Å². The molecule has 0 bridgehead atoms. The number of aromatic nitrogens is 3. The van der Waals surface area contributed by atoms with Crippen LogP contribution in [-0.4, -0.2) is 64.9 Å². The monoisotopic (exact) mass is 475 g/mol. The van der Waals surface area contributed by atoms with Gasteiger partial charge in [-0.1, -0.05) is 0 Å². The molecular weight excluding hydrogens is 451 g/mol. The molecule has 1 fully saturated rings. The minimum Gasteiger partial charge on any atom is -0.403 e. The van der Waals surface area contributed by atoms with Gasteiger partial charge in [0.25, 0.3) is 0 Å². The first-order valence-electron chi connectivity index (χ1n) is 10.5. The molecular formula is C22H24F3N7O2. The molecule has 0 spiro atoms. The maximum Gasteiger partial charge on any atom is 0.573 e. The highest BCUT2D eigenvalue weighted by Crippen LogP contribution is 2.36. The van der Waals surface area contributed by atoms with Crippen LogP contribution >= 0.6 is 0 Å². The molecule has 1 amide bonds. The number of benzene rings is 1. The fourth-order valence-electron chi connectivity index (χ4n) is 3.72. The fourth-order valence-corrected chi connectivity index (χ4v) is 3.72. The number of carbonyl (C=O) groups excluding carboxylic acids is 1. The predicted octanol–water partition coefficient (Wildman–Crippen LogP) is 2.98. The van der Waals surface area contributed by atoms with Crippen LogP contribution in [0.25, 0.3) is 11.4 Å². The first-order valence-corrected chi connectivity index (χ1v) is 10.5. The molecule has 0 atom stereocenters. The summed E-state index contributed by atoms with van der Waals surface area (Å²) in [6.07, 6.45) is -1.84. The van der Waals surface area contributed by atoms with Gasteiger partial charge in [-0.05, 0) is 31.3 Å². The summed E-state index contributed by atoms with van der Waals surface area (Å²) in [7, 11) is 3.73. The standard InChI is InChI=1S/C22H24F3N7O2/c1-30-7-9-32(10-8-30)15-3-4-17(19(12-15)34-22(23,24)25)29-21-27-6-5-16(28-21)18-11-14(20(26)33)13-31(18)2/h3-6,11-13H,7-10H2,1-2H3,(H2,26,33)(H,27,28,29). The van der Waals surface area contributed by atoms with E-state index >= 15 is 0 Å². The van der Waals surface area contributed by atoms with Gasteiger partial charge >= 0.3 is 6.36 Å². The van der Waals surface area contributed by atoms with Crippen molar-refractivity contribution in [3.63, 3.8) is 0 Å². The number of nitrogens with zero attached hydrogens (tertiary/aromatic N) is 5. The summed E-state index contributed by atoms with van der Waals surface area (Å²) >= 11 is 0. The average molecular weight is 475 g/mol. The summed E-state index contributed by atoms with van der Waals surface area (Å²) in [6.45, 7) is 3.02. The molecule has 180 valence electrons. The number of piperazine rings is 1. The molecule has 1 aliphatic rings. The second-order valence-corrected chi connectivity index (χ2v) is 8.00. The number of likely N-dealkylation sites (N-methyl/N-ethyl adjacent to an activating group) is 1. The summed E-state index contributed by atoms with van der Waals surface area (Å²) < 4.78 is 45.4. The van der Waals surface area contributed by atoms with Crippen LogP contribution in [0.15, 0.2) is 42.7 Å². The first-order chi connectivity index (χ1) is 16.1. The second-order valence-electron chi connectivity index (χ2n) is 8.00. The Morgan fingerprint density at radius 3 is 2.50 bits per heavy atom. The van der Waals surface area contributed by atoms with E-state index in [0.717, 1.165) is 13.1 Å². The maximum absolute atomic E-state index is 13.1. The van der Waals surface area contributed by atoms with E-state index in [4.69, 9.17) is 5.73 Å². The number of aryl methyl sites for hydroxylation is 1. The molecule has 34 heavy (non-hydrogen) atoms. The quantitative estimate of drug-likeness (QED) is 0.565. The Hall–Kier alpha value is -3.80. The summed E-state index contributed by atoms with van der Waals surface area (Å²) in [6, 6.07) is 7.81. The summed E-state index contributed by atoms with van der Waals surface area (Å²) in [5, 5.41) is 2.82. The lowest BCUT2D eigenvalue weighted by Crippen LogP contribution is -2.44. The molecule has 2 aromatic heterocycles. The second kappa shape index (κ2) is 9.21. The highest BCUT2D eigenvalue weighted by molar-refractivity contribution is 5.94. The topological polar surface area (TPSA) is 102 Å². The third-order valence-electron chi connectivity index (χ3n) is 5.51. The Balaban J connectivity index is 1.63. The van der Waals surface area contributed by atoms with Gasteiger partial charge in [0.1, 0.15) is 0 Å². The van der Waals surface area contributed by atoms with Crippen molar-refractivity contribution in [1.82, 2.24) is 19.4 Å². The van der Waals surface area contributed by atoms with Crippen molar-refractivity contribution in [2.24, 2.45) is 12.8 Å². The van der Waals surface area contributed by atoms with Crippen LogP contribution in [0.4, 0.5) is 30.5 Å². The molecule has 3 heterocycles. The molecule has 3 aromatic rings. The molecule has 1 saturated heterocycles. The number of alkyl halides is 3. The number of nitrogens with one attached hydrogen (secondary N) is 1. The van der Waals surface area contributed by atoms with Crippen LogP contribution in [0.2, 0.25) is 0 Å². The highest BCUT2D eigenvalue weighted by Gasteiger charge is 2.33. The van der Waals surface area contributed by atoms with E-state index in [1.165, 1.54) is 18.3 Å². The van der Waals surface area contributed by atoms with Crippen molar-refractivity contribution in [2.45, 2.75) is 6.36 Å². The van der Waals surface area contributed by atoms with Gasteiger partial charge in [0.05, 0.1) is 22.6 Å². The Kier molecular flexibility index (Phi) is 6.33. The summed E-state index contributed by atoms with van der Waals surface area (Å²) in [5.74, 6) is -0.893. The molecule has 4 rings (SSSR count). The van der Waals surface area contributed by atoms with E-state index < -0.39 is 12.3 Å². The van der Waals surface area contributed by atoms with Crippen LogP contribution in [0.5, 0.6) is 5.75 Å².